The summed E-state index contributed by atoms with van der Waals surface area (Å²) in [7, 11) is 0. The highest BCUT2D eigenvalue weighted by atomic mass is 79.9. The molecule has 0 saturated heterocycles. The Morgan fingerprint density at radius 1 is 1.14 bits per heavy atom. The summed E-state index contributed by atoms with van der Waals surface area (Å²) in [6, 6.07) is 8.39. The van der Waals surface area contributed by atoms with Crippen LogP contribution >= 0.6 is 40.3 Å². The monoisotopic (exact) mass is 290 g/mol. The van der Waals surface area contributed by atoms with Crippen molar-refractivity contribution in [3.05, 3.63) is 28.7 Å². The van der Waals surface area contributed by atoms with Crippen molar-refractivity contribution in [1.82, 2.24) is 0 Å². The molecule has 0 aliphatic heterocycles. The van der Waals surface area contributed by atoms with Gasteiger partial charge in [-0.25, -0.2) is 0 Å². The lowest BCUT2D eigenvalue weighted by Crippen LogP contribution is -1.83. The third-order valence-corrected chi connectivity index (χ3v) is 4.33. The quantitative estimate of drug-likeness (QED) is 0.452. The SMILES string of the molecule is SCCCCCSc1ccccc1Br. The zero-order chi connectivity index (χ0) is 10.2. The van der Waals surface area contributed by atoms with E-state index in [0.29, 0.717) is 0 Å². The maximum absolute atomic E-state index is 4.19. The van der Waals surface area contributed by atoms with Crippen LogP contribution in [0, 0.1) is 0 Å². The van der Waals surface area contributed by atoms with Gasteiger partial charge in [-0.1, -0.05) is 18.6 Å². The van der Waals surface area contributed by atoms with Gasteiger partial charge in [-0.2, -0.15) is 12.6 Å². The first-order valence-electron chi connectivity index (χ1n) is 4.83. The predicted octanol–water partition coefficient (Wildman–Crippen LogP) is 4.64. The minimum absolute atomic E-state index is 1.01. The Morgan fingerprint density at radius 2 is 1.93 bits per heavy atom. The van der Waals surface area contributed by atoms with Crippen LogP contribution in [0.5, 0.6) is 0 Å². The summed E-state index contributed by atoms with van der Waals surface area (Å²) in [5.41, 5.74) is 0. The average Bonchev–Trinajstić information content (AvgIpc) is 2.20. The van der Waals surface area contributed by atoms with E-state index in [2.05, 4.69) is 52.8 Å². The number of thiol groups is 1. The summed E-state index contributed by atoms with van der Waals surface area (Å²) in [6.45, 7) is 0. The molecule has 3 heteroatoms. The zero-order valence-corrected chi connectivity index (χ0v) is 11.4. The number of rotatable bonds is 6. The molecule has 0 fully saturated rings. The molecule has 1 aromatic carbocycles. The van der Waals surface area contributed by atoms with Crippen LogP contribution in [0.1, 0.15) is 19.3 Å². The van der Waals surface area contributed by atoms with E-state index >= 15 is 0 Å². The molecule has 0 unspecified atom stereocenters. The Bertz CT molecular complexity index is 263. The highest BCUT2D eigenvalue weighted by Crippen LogP contribution is 2.27. The molecule has 0 aliphatic rings. The van der Waals surface area contributed by atoms with Crippen molar-refractivity contribution in [3.8, 4) is 0 Å². The topological polar surface area (TPSA) is 0 Å². The number of benzene rings is 1. The van der Waals surface area contributed by atoms with Gasteiger partial charge in [0, 0.05) is 9.37 Å². The predicted molar refractivity (Wildman–Crippen MR) is 72.6 cm³/mol. The molecule has 0 bridgehead atoms. The molecule has 0 N–H and O–H groups in total. The molecule has 0 saturated carbocycles. The molecule has 0 aromatic heterocycles. The van der Waals surface area contributed by atoms with Crippen LogP contribution < -0.4 is 0 Å². The first kappa shape index (κ1) is 12.5. The molecule has 0 radical (unpaired) electrons. The van der Waals surface area contributed by atoms with Crippen molar-refractivity contribution < 1.29 is 0 Å². The fourth-order valence-electron chi connectivity index (χ4n) is 1.13. The normalized spacial score (nSPS) is 10.4. The zero-order valence-electron chi connectivity index (χ0n) is 8.08. The van der Waals surface area contributed by atoms with Gasteiger partial charge in [-0.15, -0.1) is 11.8 Å². The lowest BCUT2D eigenvalue weighted by atomic mass is 10.3. The fraction of sp³-hybridized carbons (Fsp3) is 0.455. The first-order valence-corrected chi connectivity index (χ1v) is 7.24. The van der Waals surface area contributed by atoms with Crippen molar-refractivity contribution in [2.75, 3.05) is 11.5 Å². The molecular weight excluding hydrogens is 276 g/mol. The highest BCUT2D eigenvalue weighted by molar-refractivity contribution is 9.10. The summed E-state index contributed by atoms with van der Waals surface area (Å²) in [5, 5.41) is 0. The van der Waals surface area contributed by atoms with E-state index in [1.54, 1.807) is 0 Å². The second-order valence-electron chi connectivity index (χ2n) is 3.06. The average molecular weight is 291 g/mol. The number of unbranched alkanes of at least 4 members (excludes halogenated alkanes) is 2. The molecule has 0 atom stereocenters. The van der Waals surface area contributed by atoms with Gasteiger partial charge in [0.1, 0.15) is 0 Å². The van der Waals surface area contributed by atoms with Gasteiger partial charge in [0.05, 0.1) is 0 Å². The van der Waals surface area contributed by atoms with Crippen molar-refractivity contribution in [2.45, 2.75) is 24.2 Å². The lowest BCUT2D eigenvalue weighted by Gasteiger charge is -2.03. The van der Waals surface area contributed by atoms with Gasteiger partial charge in [0.25, 0.3) is 0 Å². The van der Waals surface area contributed by atoms with E-state index in [-0.39, 0.29) is 0 Å². The van der Waals surface area contributed by atoms with Crippen LogP contribution in [0.2, 0.25) is 0 Å². The van der Waals surface area contributed by atoms with Crippen LogP contribution in [0.4, 0.5) is 0 Å². The van der Waals surface area contributed by atoms with E-state index in [0.717, 1.165) is 5.75 Å². The maximum atomic E-state index is 4.19. The third kappa shape index (κ3) is 4.76. The van der Waals surface area contributed by atoms with E-state index < -0.39 is 0 Å². The Morgan fingerprint density at radius 3 is 2.64 bits per heavy atom. The molecule has 0 spiro atoms. The van der Waals surface area contributed by atoms with Crippen molar-refractivity contribution in [2.24, 2.45) is 0 Å². The van der Waals surface area contributed by atoms with E-state index in [1.165, 1.54) is 34.4 Å². The number of hydrogen-bond acceptors (Lipinski definition) is 2. The molecule has 0 amide bonds. The van der Waals surface area contributed by atoms with Gasteiger partial charge < -0.3 is 0 Å². The summed E-state index contributed by atoms with van der Waals surface area (Å²) in [5.74, 6) is 2.22. The Kier molecular flexibility index (Phi) is 6.82. The van der Waals surface area contributed by atoms with Gasteiger partial charge in [-0.3, -0.25) is 0 Å². The standard InChI is InChI=1S/C11H15BrS2/c12-10-6-2-3-7-11(10)14-9-5-1-4-8-13/h2-3,6-7,13H,1,4-5,8-9H2. The molecule has 0 heterocycles. The molecule has 14 heavy (non-hydrogen) atoms. The second kappa shape index (κ2) is 7.66. The van der Waals surface area contributed by atoms with Crippen LogP contribution in [-0.2, 0) is 0 Å². The van der Waals surface area contributed by atoms with Gasteiger partial charge in [0.2, 0.25) is 0 Å². The van der Waals surface area contributed by atoms with Crippen LogP contribution in [0.3, 0.4) is 0 Å². The Balaban J connectivity index is 2.21. The minimum atomic E-state index is 1.01. The summed E-state index contributed by atoms with van der Waals surface area (Å²) in [6.07, 6.45) is 3.81. The molecule has 1 aromatic rings. The maximum Gasteiger partial charge on any atom is 0.0311 e. The first-order chi connectivity index (χ1) is 6.84. The van der Waals surface area contributed by atoms with E-state index in [9.17, 15) is 0 Å². The molecule has 78 valence electrons. The van der Waals surface area contributed by atoms with Gasteiger partial charge in [-0.05, 0) is 52.4 Å². The molecule has 0 aliphatic carbocycles. The summed E-state index contributed by atoms with van der Waals surface area (Å²) in [4.78, 5) is 1.35. The minimum Gasteiger partial charge on any atom is -0.179 e. The third-order valence-electron chi connectivity index (χ3n) is 1.90. The largest absolute Gasteiger partial charge is 0.179 e. The Hall–Kier alpha value is 0.400. The number of hydrogen-bond donors (Lipinski definition) is 1. The lowest BCUT2D eigenvalue weighted by molar-refractivity contribution is 0.787. The van der Waals surface area contributed by atoms with Gasteiger partial charge >= 0.3 is 0 Å². The fourth-order valence-corrected chi connectivity index (χ4v) is 2.94. The van der Waals surface area contributed by atoms with Gasteiger partial charge in [0.15, 0.2) is 0 Å². The summed E-state index contributed by atoms with van der Waals surface area (Å²) >= 11 is 9.67. The van der Waals surface area contributed by atoms with Crippen LogP contribution in [0.15, 0.2) is 33.6 Å². The number of thioether (sulfide) groups is 1. The van der Waals surface area contributed by atoms with Crippen LogP contribution in [-0.4, -0.2) is 11.5 Å². The number of halogens is 1. The smallest absolute Gasteiger partial charge is 0.0311 e. The van der Waals surface area contributed by atoms with E-state index in [1.807, 2.05) is 11.8 Å². The Labute approximate surface area is 104 Å². The van der Waals surface area contributed by atoms with Crippen molar-refractivity contribution >= 4 is 40.3 Å². The van der Waals surface area contributed by atoms with Crippen molar-refractivity contribution in [3.63, 3.8) is 0 Å². The molecule has 0 nitrogen and oxygen atoms in total. The summed E-state index contributed by atoms with van der Waals surface area (Å²) < 4.78 is 1.21. The highest BCUT2D eigenvalue weighted by Gasteiger charge is 1.98. The van der Waals surface area contributed by atoms with Crippen LogP contribution in [0.25, 0.3) is 0 Å². The van der Waals surface area contributed by atoms with Crippen molar-refractivity contribution in [1.29, 1.82) is 0 Å². The van der Waals surface area contributed by atoms with E-state index in [4.69, 9.17) is 0 Å². The second-order valence-corrected chi connectivity index (χ2v) is 5.50. The molecule has 1 rings (SSSR count). The molecular formula is C11H15BrS2.